The number of hydrogen-bond donors (Lipinski definition) is 2. The molecule has 0 saturated heterocycles. The maximum absolute atomic E-state index is 12.0. The van der Waals surface area contributed by atoms with E-state index in [4.69, 9.17) is 5.73 Å². The molecule has 0 aromatic heterocycles. The van der Waals surface area contributed by atoms with Crippen molar-refractivity contribution in [3.63, 3.8) is 0 Å². The van der Waals surface area contributed by atoms with E-state index in [1.165, 1.54) is 6.07 Å². The first-order valence-electron chi connectivity index (χ1n) is 5.38. The van der Waals surface area contributed by atoms with Crippen LogP contribution in [-0.2, 0) is 10.0 Å². The van der Waals surface area contributed by atoms with E-state index in [2.05, 4.69) is 4.72 Å². The molecule has 98 valence electrons. The molecule has 8 heteroatoms. The summed E-state index contributed by atoms with van der Waals surface area (Å²) in [5.41, 5.74) is 5.45. The van der Waals surface area contributed by atoms with Crippen molar-refractivity contribution < 1.29 is 13.3 Å². The Labute approximate surface area is 104 Å². The first kappa shape index (κ1) is 12.8. The van der Waals surface area contributed by atoms with Crippen LogP contribution in [0.5, 0.6) is 0 Å². The number of anilines is 1. The lowest BCUT2D eigenvalue weighted by Gasteiger charge is -2.09. The molecule has 18 heavy (non-hydrogen) atoms. The normalized spacial score (nSPS) is 15.6. The van der Waals surface area contributed by atoms with E-state index in [-0.39, 0.29) is 16.6 Å². The van der Waals surface area contributed by atoms with Gasteiger partial charge in [-0.3, -0.25) is 10.1 Å². The molecule has 0 heterocycles. The quantitative estimate of drug-likeness (QED) is 0.480. The number of rotatable bonds is 4. The molecule has 1 aromatic rings. The Balaban J connectivity index is 2.49. The van der Waals surface area contributed by atoms with Gasteiger partial charge in [-0.15, -0.1) is 0 Å². The molecule has 0 aliphatic heterocycles. The van der Waals surface area contributed by atoms with Crippen molar-refractivity contribution in [3.8, 4) is 0 Å². The van der Waals surface area contributed by atoms with Gasteiger partial charge in [-0.25, -0.2) is 13.1 Å². The fourth-order valence-electron chi connectivity index (χ4n) is 1.63. The number of nitro benzene ring substituents is 1. The van der Waals surface area contributed by atoms with Gasteiger partial charge in [0, 0.05) is 12.1 Å². The molecule has 0 bridgehead atoms. The Hall–Kier alpha value is -1.67. The molecule has 1 fully saturated rings. The van der Waals surface area contributed by atoms with Crippen LogP contribution in [0.3, 0.4) is 0 Å². The zero-order valence-electron chi connectivity index (χ0n) is 9.71. The molecule has 1 aromatic carbocycles. The highest BCUT2D eigenvalue weighted by molar-refractivity contribution is 7.89. The lowest BCUT2D eigenvalue weighted by atomic mass is 10.2. The van der Waals surface area contributed by atoms with Gasteiger partial charge in [0.05, 0.1) is 9.82 Å². The summed E-state index contributed by atoms with van der Waals surface area (Å²) >= 11 is 0. The second-order valence-corrected chi connectivity index (χ2v) is 6.01. The van der Waals surface area contributed by atoms with E-state index in [0.717, 1.165) is 18.9 Å². The van der Waals surface area contributed by atoms with E-state index < -0.39 is 20.6 Å². The number of nitrogens with two attached hydrogens (primary N) is 1. The lowest BCUT2D eigenvalue weighted by molar-refractivity contribution is -0.384. The second-order valence-electron chi connectivity index (χ2n) is 4.33. The SMILES string of the molecule is Cc1cc(N)c([N+](=O)[O-])cc1S(=O)(=O)NC1CC1. The predicted molar refractivity (Wildman–Crippen MR) is 65.6 cm³/mol. The highest BCUT2D eigenvalue weighted by Gasteiger charge is 2.30. The standard InChI is InChI=1S/C10H13N3O4S/c1-6-4-8(11)9(13(14)15)5-10(6)18(16,17)12-7-2-3-7/h4-5,7,12H,2-3,11H2,1H3. The van der Waals surface area contributed by atoms with Crippen LogP contribution in [0.4, 0.5) is 11.4 Å². The van der Waals surface area contributed by atoms with E-state index in [9.17, 15) is 18.5 Å². The molecular weight excluding hydrogens is 258 g/mol. The summed E-state index contributed by atoms with van der Waals surface area (Å²) in [7, 11) is -3.71. The van der Waals surface area contributed by atoms with Crippen molar-refractivity contribution >= 4 is 21.4 Å². The number of aryl methyl sites for hydroxylation is 1. The topological polar surface area (TPSA) is 115 Å². The van der Waals surface area contributed by atoms with Gasteiger partial charge < -0.3 is 5.73 Å². The Morgan fingerprint density at radius 2 is 2.06 bits per heavy atom. The summed E-state index contributed by atoms with van der Waals surface area (Å²) in [5, 5.41) is 10.8. The van der Waals surface area contributed by atoms with E-state index >= 15 is 0 Å². The van der Waals surface area contributed by atoms with Gasteiger partial charge in [0.15, 0.2) is 0 Å². The zero-order chi connectivity index (χ0) is 13.5. The Bertz CT molecular complexity index is 608. The fraction of sp³-hybridized carbons (Fsp3) is 0.400. The minimum absolute atomic E-state index is 0.0390. The molecule has 1 aliphatic carbocycles. The summed E-state index contributed by atoms with van der Waals surface area (Å²) in [5.74, 6) is 0. The first-order valence-corrected chi connectivity index (χ1v) is 6.86. The zero-order valence-corrected chi connectivity index (χ0v) is 10.5. The molecule has 1 aliphatic rings. The number of benzene rings is 1. The Kier molecular flexibility index (Phi) is 2.99. The molecule has 7 nitrogen and oxygen atoms in total. The molecule has 0 radical (unpaired) electrons. The van der Waals surface area contributed by atoms with Gasteiger partial charge in [0.25, 0.3) is 5.69 Å². The predicted octanol–water partition coefficient (Wildman–Crippen LogP) is 0.926. The molecule has 2 rings (SSSR count). The molecule has 3 N–H and O–H groups in total. The van der Waals surface area contributed by atoms with Gasteiger partial charge in [0.2, 0.25) is 10.0 Å². The Morgan fingerprint density at radius 1 is 1.44 bits per heavy atom. The van der Waals surface area contributed by atoms with Gasteiger partial charge in [-0.05, 0) is 31.4 Å². The second kappa shape index (κ2) is 4.21. The van der Waals surface area contributed by atoms with Gasteiger partial charge in [0.1, 0.15) is 5.69 Å². The van der Waals surface area contributed by atoms with Crippen LogP contribution in [0.15, 0.2) is 17.0 Å². The van der Waals surface area contributed by atoms with Crippen LogP contribution < -0.4 is 10.5 Å². The van der Waals surface area contributed by atoms with Crippen molar-refractivity contribution in [1.29, 1.82) is 0 Å². The summed E-state index contributed by atoms with van der Waals surface area (Å²) in [6.07, 6.45) is 1.60. The average molecular weight is 271 g/mol. The summed E-state index contributed by atoms with van der Waals surface area (Å²) in [4.78, 5) is 9.98. The highest BCUT2D eigenvalue weighted by Crippen LogP contribution is 2.29. The first-order chi connectivity index (χ1) is 8.31. The third kappa shape index (κ3) is 2.44. The monoisotopic (exact) mass is 271 g/mol. The minimum Gasteiger partial charge on any atom is -0.393 e. The fourth-order valence-corrected chi connectivity index (χ4v) is 3.18. The summed E-state index contributed by atoms with van der Waals surface area (Å²) in [6.45, 7) is 1.56. The summed E-state index contributed by atoms with van der Waals surface area (Å²) in [6, 6.07) is 2.26. The van der Waals surface area contributed by atoms with Crippen LogP contribution in [0.25, 0.3) is 0 Å². The number of hydrogen-bond acceptors (Lipinski definition) is 5. The maximum Gasteiger partial charge on any atom is 0.293 e. The third-order valence-electron chi connectivity index (χ3n) is 2.71. The van der Waals surface area contributed by atoms with Crippen molar-refractivity contribution in [2.75, 3.05) is 5.73 Å². The molecule has 0 spiro atoms. The van der Waals surface area contributed by atoms with E-state index in [0.29, 0.717) is 5.56 Å². The smallest absolute Gasteiger partial charge is 0.293 e. The number of nitrogen functional groups attached to an aromatic ring is 1. The summed E-state index contributed by atoms with van der Waals surface area (Å²) < 4.78 is 26.5. The van der Waals surface area contributed by atoms with E-state index in [1.54, 1.807) is 6.92 Å². The van der Waals surface area contributed by atoms with Crippen molar-refractivity contribution in [1.82, 2.24) is 4.72 Å². The number of nitrogens with one attached hydrogen (secondary N) is 1. The molecule has 1 saturated carbocycles. The number of nitro groups is 1. The maximum atomic E-state index is 12.0. The van der Waals surface area contributed by atoms with Crippen LogP contribution in [0.2, 0.25) is 0 Å². The average Bonchev–Trinajstić information content (AvgIpc) is 2.99. The molecule has 0 amide bonds. The minimum atomic E-state index is -3.71. The van der Waals surface area contributed by atoms with Gasteiger partial charge in [-0.1, -0.05) is 0 Å². The van der Waals surface area contributed by atoms with Crippen molar-refractivity contribution in [3.05, 3.63) is 27.8 Å². The largest absolute Gasteiger partial charge is 0.393 e. The van der Waals surface area contributed by atoms with Crippen molar-refractivity contribution in [2.45, 2.75) is 30.7 Å². The molecular formula is C10H13N3O4S. The van der Waals surface area contributed by atoms with Gasteiger partial charge in [-0.2, -0.15) is 0 Å². The lowest BCUT2D eigenvalue weighted by Crippen LogP contribution is -2.26. The van der Waals surface area contributed by atoms with Crippen LogP contribution in [-0.4, -0.2) is 19.4 Å². The molecule has 0 atom stereocenters. The highest BCUT2D eigenvalue weighted by atomic mass is 32.2. The van der Waals surface area contributed by atoms with Crippen molar-refractivity contribution in [2.24, 2.45) is 0 Å². The van der Waals surface area contributed by atoms with E-state index in [1.807, 2.05) is 0 Å². The van der Waals surface area contributed by atoms with Crippen LogP contribution >= 0.6 is 0 Å². The third-order valence-corrected chi connectivity index (χ3v) is 4.37. The number of nitrogens with zero attached hydrogens (tertiary/aromatic N) is 1. The Morgan fingerprint density at radius 3 is 2.56 bits per heavy atom. The van der Waals surface area contributed by atoms with Crippen LogP contribution in [0.1, 0.15) is 18.4 Å². The van der Waals surface area contributed by atoms with Gasteiger partial charge >= 0.3 is 0 Å². The van der Waals surface area contributed by atoms with Crippen LogP contribution in [0, 0.1) is 17.0 Å². The molecule has 0 unspecified atom stereocenters. The number of sulfonamides is 1.